The minimum absolute atomic E-state index is 0.906. The molecular formula is C54H34N2OS. The molecule has 3 aromatic heterocycles. The van der Waals surface area contributed by atoms with Gasteiger partial charge in [0.2, 0.25) is 0 Å². The third-order valence-corrected chi connectivity index (χ3v) is 12.8. The minimum atomic E-state index is 0.906. The maximum atomic E-state index is 6.44. The molecule has 12 rings (SSSR count). The van der Waals surface area contributed by atoms with Gasteiger partial charge in [0.1, 0.15) is 11.2 Å². The van der Waals surface area contributed by atoms with Crippen LogP contribution in [0.5, 0.6) is 0 Å². The molecule has 58 heavy (non-hydrogen) atoms. The van der Waals surface area contributed by atoms with Crippen LogP contribution in [0, 0.1) is 0 Å². The number of thiophene rings is 1. The van der Waals surface area contributed by atoms with Gasteiger partial charge in [-0.1, -0.05) is 133 Å². The maximum absolute atomic E-state index is 6.44. The second-order valence-electron chi connectivity index (χ2n) is 14.9. The number of hydrogen-bond acceptors (Lipinski definition) is 3. The fourth-order valence-electron chi connectivity index (χ4n) is 8.95. The summed E-state index contributed by atoms with van der Waals surface area (Å²) in [5.41, 5.74) is 13.2. The van der Waals surface area contributed by atoms with Crippen molar-refractivity contribution in [2.45, 2.75) is 0 Å². The Morgan fingerprint density at radius 3 is 1.74 bits per heavy atom. The van der Waals surface area contributed by atoms with E-state index in [0.29, 0.717) is 0 Å². The Morgan fingerprint density at radius 1 is 0.397 bits per heavy atom. The van der Waals surface area contributed by atoms with Gasteiger partial charge >= 0.3 is 0 Å². The highest BCUT2D eigenvalue weighted by Crippen LogP contribution is 2.44. The van der Waals surface area contributed by atoms with Gasteiger partial charge in [0, 0.05) is 70.0 Å². The molecule has 0 saturated heterocycles. The SMILES string of the molecule is c1cc(-c2cccc3c2sc2ccccc23)cc(N(c2ccc(-c3cccc4c3oc3ccccc34)cc2)c2ccc(-n3c4ccccc4c4ccccc43)cc2)c1. The van der Waals surface area contributed by atoms with Gasteiger partial charge in [-0.05, 0) is 89.5 Å². The van der Waals surface area contributed by atoms with E-state index in [4.69, 9.17) is 4.42 Å². The van der Waals surface area contributed by atoms with Gasteiger partial charge in [0.15, 0.2) is 0 Å². The van der Waals surface area contributed by atoms with E-state index in [1.165, 1.54) is 53.1 Å². The van der Waals surface area contributed by atoms with Gasteiger partial charge in [-0.25, -0.2) is 0 Å². The number of nitrogens with zero attached hydrogens (tertiary/aromatic N) is 2. The monoisotopic (exact) mass is 758 g/mol. The van der Waals surface area contributed by atoms with Crippen LogP contribution in [0.15, 0.2) is 211 Å². The first-order valence-electron chi connectivity index (χ1n) is 19.7. The molecule has 0 amide bonds. The lowest BCUT2D eigenvalue weighted by Gasteiger charge is -2.26. The molecule has 4 heteroatoms. The average Bonchev–Trinajstić information content (AvgIpc) is 3.97. The van der Waals surface area contributed by atoms with Crippen molar-refractivity contribution < 1.29 is 4.42 Å². The molecule has 9 aromatic carbocycles. The standard InChI is InChI=1S/C54H34N2OS/c1-5-22-49-43(14-1)44-15-2-6-23-50(44)56(49)39-32-30-38(31-33-39)55(37-28-26-35(27-29-37)41-18-10-20-47-45-16-3-7-24-51(45)57-53(41)47)40-13-9-12-36(34-40)42-19-11-21-48-46-17-4-8-25-52(46)58-54(42)48/h1-34H. The topological polar surface area (TPSA) is 21.3 Å². The summed E-state index contributed by atoms with van der Waals surface area (Å²) in [6.07, 6.45) is 0. The molecule has 0 N–H and O–H groups in total. The van der Waals surface area contributed by atoms with E-state index in [-0.39, 0.29) is 0 Å². The first-order chi connectivity index (χ1) is 28.8. The molecule has 0 radical (unpaired) electrons. The molecule has 3 heterocycles. The highest BCUT2D eigenvalue weighted by molar-refractivity contribution is 7.26. The zero-order valence-electron chi connectivity index (χ0n) is 31.3. The smallest absolute Gasteiger partial charge is 0.143 e. The average molecular weight is 759 g/mol. The summed E-state index contributed by atoms with van der Waals surface area (Å²) in [4.78, 5) is 2.37. The Bertz CT molecular complexity index is 3460. The maximum Gasteiger partial charge on any atom is 0.143 e. The van der Waals surface area contributed by atoms with Crippen molar-refractivity contribution in [2.75, 3.05) is 4.90 Å². The number of furan rings is 1. The molecule has 0 bridgehead atoms. The number of anilines is 3. The van der Waals surface area contributed by atoms with E-state index in [1.54, 1.807) is 0 Å². The van der Waals surface area contributed by atoms with Crippen molar-refractivity contribution in [2.24, 2.45) is 0 Å². The van der Waals surface area contributed by atoms with E-state index in [9.17, 15) is 0 Å². The predicted molar refractivity (Wildman–Crippen MR) is 247 cm³/mol. The van der Waals surface area contributed by atoms with Crippen LogP contribution in [0.1, 0.15) is 0 Å². The summed E-state index contributed by atoms with van der Waals surface area (Å²) >= 11 is 1.87. The number of rotatable bonds is 6. The number of benzene rings is 9. The van der Waals surface area contributed by atoms with Gasteiger partial charge in [-0.2, -0.15) is 0 Å². The highest BCUT2D eigenvalue weighted by Gasteiger charge is 2.18. The van der Waals surface area contributed by atoms with Gasteiger partial charge in [0.05, 0.1) is 11.0 Å². The van der Waals surface area contributed by atoms with Crippen LogP contribution in [-0.2, 0) is 0 Å². The van der Waals surface area contributed by atoms with Gasteiger partial charge in [0.25, 0.3) is 0 Å². The molecule has 0 aliphatic heterocycles. The van der Waals surface area contributed by atoms with Crippen LogP contribution in [0.25, 0.3) is 91.9 Å². The van der Waals surface area contributed by atoms with Crippen molar-refractivity contribution in [3.63, 3.8) is 0 Å². The van der Waals surface area contributed by atoms with Crippen molar-refractivity contribution in [3.8, 4) is 27.9 Å². The largest absolute Gasteiger partial charge is 0.455 e. The fourth-order valence-corrected chi connectivity index (χ4v) is 10.2. The molecule has 0 spiro atoms. The lowest BCUT2D eigenvalue weighted by atomic mass is 10.0. The van der Waals surface area contributed by atoms with Crippen LogP contribution in [0.3, 0.4) is 0 Å². The second kappa shape index (κ2) is 13.1. The third kappa shape index (κ3) is 5.12. The van der Waals surface area contributed by atoms with Crippen molar-refractivity contribution in [3.05, 3.63) is 206 Å². The summed E-state index contributed by atoms with van der Waals surface area (Å²) in [6, 6.07) is 74.4. The van der Waals surface area contributed by atoms with Crippen LogP contribution in [0.2, 0.25) is 0 Å². The first-order valence-corrected chi connectivity index (χ1v) is 20.5. The summed E-state index contributed by atoms with van der Waals surface area (Å²) in [7, 11) is 0. The van der Waals surface area contributed by atoms with Crippen LogP contribution >= 0.6 is 11.3 Å². The Hall–Kier alpha value is -7.40. The predicted octanol–water partition coefficient (Wildman–Crippen LogP) is 15.9. The van der Waals surface area contributed by atoms with E-state index in [2.05, 4.69) is 204 Å². The number of para-hydroxylation sites is 4. The molecule has 0 fully saturated rings. The van der Waals surface area contributed by atoms with E-state index in [0.717, 1.165) is 55.8 Å². The molecule has 0 atom stereocenters. The van der Waals surface area contributed by atoms with Crippen LogP contribution < -0.4 is 4.90 Å². The molecule has 0 unspecified atom stereocenters. The lowest BCUT2D eigenvalue weighted by Crippen LogP contribution is -2.10. The van der Waals surface area contributed by atoms with E-state index in [1.807, 2.05) is 23.5 Å². The molecule has 3 nitrogen and oxygen atoms in total. The number of aromatic nitrogens is 1. The molecule has 272 valence electrons. The Kier molecular flexibility index (Phi) is 7.40. The highest BCUT2D eigenvalue weighted by atomic mass is 32.1. The summed E-state index contributed by atoms with van der Waals surface area (Å²) in [5.74, 6) is 0. The summed E-state index contributed by atoms with van der Waals surface area (Å²) in [5, 5.41) is 7.39. The number of hydrogen-bond donors (Lipinski definition) is 0. The zero-order chi connectivity index (χ0) is 38.2. The Balaban J connectivity index is 1.00. The number of fused-ring (bicyclic) bond motifs is 9. The molecular weight excluding hydrogens is 725 g/mol. The third-order valence-electron chi connectivity index (χ3n) is 11.6. The van der Waals surface area contributed by atoms with Crippen LogP contribution in [-0.4, -0.2) is 4.57 Å². The normalized spacial score (nSPS) is 11.8. The van der Waals surface area contributed by atoms with Crippen molar-refractivity contribution in [1.29, 1.82) is 0 Å². The molecule has 0 aliphatic carbocycles. The van der Waals surface area contributed by atoms with Gasteiger partial charge in [-0.3, -0.25) is 0 Å². The lowest BCUT2D eigenvalue weighted by molar-refractivity contribution is 0.670. The zero-order valence-corrected chi connectivity index (χ0v) is 32.2. The molecule has 12 aromatic rings. The van der Waals surface area contributed by atoms with Gasteiger partial charge < -0.3 is 13.9 Å². The quantitative estimate of drug-likeness (QED) is 0.168. The minimum Gasteiger partial charge on any atom is -0.455 e. The van der Waals surface area contributed by atoms with E-state index < -0.39 is 0 Å². The van der Waals surface area contributed by atoms with Crippen LogP contribution in [0.4, 0.5) is 17.1 Å². The van der Waals surface area contributed by atoms with E-state index >= 15 is 0 Å². The molecule has 0 aliphatic rings. The van der Waals surface area contributed by atoms with Crippen molar-refractivity contribution >= 4 is 92.3 Å². The van der Waals surface area contributed by atoms with Gasteiger partial charge in [-0.15, -0.1) is 11.3 Å². The summed E-state index contributed by atoms with van der Waals surface area (Å²) < 4.78 is 11.4. The fraction of sp³-hybridized carbons (Fsp3) is 0. The Labute approximate surface area is 338 Å². The second-order valence-corrected chi connectivity index (χ2v) is 15.9. The Morgan fingerprint density at radius 2 is 0.983 bits per heavy atom. The van der Waals surface area contributed by atoms with Crippen molar-refractivity contribution in [1.82, 2.24) is 4.57 Å². The summed E-state index contributed by atoms with van der Waals surface area (Å²) in [6.45, 7) is 0. The first kappa shape index (κ1) is 32.8. The molecule has 0 saturated carbocycles.